The molecule has 0 unspecified atom stereocenters. The molecule has 4 rings (SSSR count). The van der Waals surface area contributed by atoms with Crippen LogP contribution >= 0.6 is 11.6 Å². The van der Waals surface area contributed by atoms with Crippen LogP contribution in [0.4, 0.5) is 0 Å². The van der Waals surface area contributed by atoms with Gasteiger partial charge in [0.05, 0.1) is 0 Å². The molecule has 1 aliphatic heterocycles. The fourth-order valence-electron chi connectivity index (χ4n) is 3.20. The molecule has 3 aromatic rings. The van der Waals surface area contributed by atoms with Crippen molar-refractivity contribution in [1.29, 1.82) is 0 Å². The van der Waals surface area contributed by atoms with Crippen LogP contribution in [0, 0.1) is 0 Å². The van der Waals surface area contributed by atoms with Gasteiger partial charge in [-0.15, -0.1) is 0 Å². The van der Waals surface area contributed by atoms with E-state index in [2.05, 4.69) is 17.9 Å². The summed E-state index contributed by atoms with van der Waals surface area (Å²) in [6.45, 7) is 3.19. The summed E-state index contributed by atoms with van der Waals surface area (Å²) in [5.41, 5.74) is 4.15. The van der Waals surface area contributed by atoms with E-state index >= 15 is 0 Å². The Hall–Kier alpha value is -2.44. The van der Waals surface area contributed by atoms with Gasteiger partial charge in [0.1, 0.15) is 0 Å². The number of carbonyl (C=O) groups excluding carboxylic acids is 1. The number of rotatable bonds is 3. The molecule has 1 aliphatic rings. The molecule has 0 atom stereocenters. The molecule has 1 N–H and O–H groups in total. The molecule has 1 aromatic carbocycles. The third-order valence-electron chi connectivity index (χ3n) is 4.64. The summed E-state index contributed by atoms with van der Waals surface area (Å²) >= 11 is 6.23. The Kier molecular flexibility index (Phi) is 4.61. The standard InChI is InChI=1S/C19H18BClN4O/c20-12-15-11-16(21)18-6-5-17(23-25(15)18)13-1-3-14(4-2-13)19(26)24-9-7-22-8-10-24/h1-6,11-12,20,22H,7-10H2. The SMILES string of the molecule is B=Cc1cc(Cl)c2ccc(-c3ccc(C(=O)N4CCNCC4)cc3)nn12. The van der Waals surface area contributed by atoms with Crippen LogP contribution in [-0.2, 0) is 0 Å². The number of piperazine rings is 1. The predicted molar refractivity (Wildman–Crippen MR) is 107 cm³/mol. The Labute approximate surface area is 157 Å². The summed E-state index contributed by atoms with van der Waals surface area (Å²) in [7, 11) is 3.81. The molecule has 0 bridgehead atoms. The molecular formula is C19H18BClN4O. The van der Waals surface area contributed by atoms with Crippen LogP contribution in [0.5, 0.6) is 0 Å². The molecule has 5 nitrogen and oxygen atoms in total. The first-order valence-electron chi connectivity index (χ1n) is 8.58. The number of fused-ring (bicyclic) bond motifs is 1. The predicted octanol–water partition coefficient (Wildman–Crippen LogP) is 1.75. The first kappa shape index (κ1) is 17.0. The zero-order valence-corrected chi connectivity index (χ0v) is 15.0. The average molecular weight is 365 g/mol. The van der Waals surface area contributed by atoms with Crippen LogP contribution in [-0.4, -0.2) is 60.1 Å². The summed E-state index contributed by atoms with van der Waals surface area (Å²) in [6.07, 6.45) is 0. The first-order chi connectivity index (χ1) is 12.7. The van der Waals surface area contributed by atoms with Gasteiger partial charge in [-0.1, -0.05) is 0 Å². The second-order valence-electron chi connectivity index (χ2n) is 6.26. The number of hydrogen-bond acceptors (Lipinski definition) is 3. The van der Waals surface area contributed by atoms with Crippen molar-refractivity contribution in [2.45, 2.75) is 0 Å². The van der Waals surface area contributed by atoms with Crippen molar-refractivity contribution in [3.63, 3.8) is 0 Å². The van der Waals surface area contributed by atoms with E-state index in [0.717, 1.165) is 48.6 Å². The summed E-state index contributed by atoms with van der Waals surface area (Å²) in [6, 6.07) is 13.3. The molecule has 0 spiro atoms. The van der Waals surface area contributed by atoms with Gasteiger partial charge in [-0.2, -0.15) is 0 Å². The zero-order valence-electron chi connectivity index (χ0n) is 14.3. The molecule has 0 saturated carbocycles. The minimum atomic E-state index is 0.0765. The normalized spacial score (nSPS) is 14.5. The van der Waals surface area contributed by atoms with Gasteiger partial charge in [0, 0.05) is 13.1 Å². The number of hydrogen-bond donors (Lipinski definition) is 1. The van der Waals surface area contributed by atoms with E-state index in [1.54, 1.807) is 10.5 Å². The molecule has 3 heterocycles. The van der Waals surface area contributed by atoms with Crippen LogP contribution in [0.25, 0.3) is 16.8 Å². The van der Waals surface area contributed by atoms with Gasteiger partial charge < -0.3 is 5.32 Å². The van der Waals surface area contributed by atoms with Crippen molar-refractivity contribution in [3.05, 3.63) is 58.7 Å². The van der Waals surface area contributed by atoms with Crippen molar-refractivity contribution in [3.8, 4) is 11.3 Å². The maximum absolute atomic E-state index is 12.6. The molecule has 7 heteroatoms. The maximum atomic E-state index is 12.6. The van der Waals surface area contributed by atoms with E-state index in [-0.39, 0.29) is 5.91 Å². The second-order valence-corrected chi connectivity index (χ2v) is 6.66. The Morgan fingerprint density at radius 1 is 1.15 bits per heavy atom. The molecule has 2 aromatic heterocycles. The summed E-state index contributed by atoms with van der Waals surface area (Å²) in [4.78, 5) is 14.4. The van der Waals surface area contributed by atoms with E-state index in [1.807, 2.05) is 47.4 Å². The fraction of sp³-hybridized carbons (Fsp3) is 0.211. The third-order valence-corrected chi connectivity index (χ3v) is 4.94. The van der Waals surface area contributed by atoms with E-state index in [9.17, 15) is 4.79 Å². The molecule has 26 heavy (non-hydrogen) atoms. The van der Waals surface area contributed by atoms with E-state index < -0.39 is 0 Å². The second kappa shape index (κ2) is 7.06. The Morgan fingerprint density at radius 3 is 2.58 bits per heavy atom. The number of halogens is 1. The van der Waals surface area contributed by atoms with Gasteiger partial charge in [0.2, 0.25) is 0 Å². The van der Waals surface area contributed by atoms with Crippen molar-refractivity contribution in [1.82, 2.24) is 19.8 Å². The van der Waals surface area contributed by atoms with Gasteiger partial charge in [-0.05, 0) is 0 Å². The summed E-state index contributed by atoms with van der Waals surface area (Å²) in [5.74, 6) is 1.80. The molecular weight excluding hydrogens is 347 g/mol. The van der Waals surface area contributed by atoms with Gasteiger partial charge in [0.25, 0.3) is 0 Å². The number of amides is 1. The number of aromatic nitrogens is 2. The van der Waals surface area contributed by atoms with E-state index in [1.165, 1.54) is 0 Å². The van der Waals surface area contributed by atoms with Gasteiger partial charge in [0.15, 0.2) is 0 Å². The van der Waals surface area contributed by atoms with Crippen molar-refractivity contribution < 1.29 is 4.79 Å². The Morgan fingerprint density at radius 2 is 1.88 bits per heavy atom. The molecule has 0 aliphatic carbocycles. The quantitative estimate of drug-likeness (QED) is 0.721. The molecule has 130 valence electrons. The zero-order chi connectivity index (χ0) is 18.1. The Bertz CT molecular complexity index is 977. The topological polar surface area (TPSA) is 49.6 Å². The Balaban J connectivity index is 1.63. The average Bonchev–Trinajstić information content (AvgIpc) is 3.03. The van der Waals surface area contributed by atoms with Gasteiger partial charge in [-0.3, -0.25) is 0 Å². The van der Waals surface area contributed by atoms with Crippen LogP contribution < -0.4 is 5.32 Å². The fourth-order valence-corrected chi connectivity index (χ4v) is 3.45. The first-order valence-corrected chi connectivity index (χ1v) is 8.96. The van der Waals surface area contributed by atoms with Crippen molar-refractivity contribution in [2.75, 3.05) is 26.2 Å². The summed E-state index contributed by atoms with van der Waals surface area (Å²) < 4.78 is 1.78. The van der Waals surface area contributed by atoms with Crippen LogP contribution in [0.2, 0.25) is 5.02 Å². The number of nitrogens with zero attached hydrogens (tertiary/aromatic N) is 3. The van der Waals surface area contributed by atoms with Crippen molar-refractivity contribution >= 4 is 36.5 Å². The van der Waals surface area contributed by atoms with E-state index in [4.69, 9.17) is 11.6 Å². The van der Waals surface area contributed by atoms with Gasteiger partial charge >= 0.3 is 139 Å². The van der Waals surface area contributed by atoms with Crippen molar-refractivity contribution in [2.24, 2.45) is 0 Å². The number of nitrogens with one attached hydrogen (secondary N) is 1. The van der Waals surface area contributed by atoms with Crippen LogP contribution in [0.15, 0.2) is 42.5 Å². The molecule has 1 fully saturated rings. The molecule has 1 amide bonds. The molecule has 0 radical (unpaired) electrons. The third kappa shape index (κ3) is 3.06. The molecule has 1 saturated heterocycles. The number of benzene rings is 1. The van der Waals surface area contributed by atoms with Gasteiger partial charge in [-0.25, -0.2) is 0 Å². The van der Waals surface area contributed by atoms with E-state index in [0.29, 0.717) is 10.6 Å². The monoisotopic (exact) mass is 364 g/mol. The van der Waals surface area contributed by atoms with Crippen LogP contribution in [0.1, 0.15) is 16.1 Å². The van der Waals surface area contributed by atoms with Crippen LogP contribution in [0.3, 0.4) is 0 Å². The minimum absolute atomic E-state index is 0.0765. The number of carbonyl (C=O) groups is 1. The summed E-state index contributed by atoms with van der Waals surface area (Å²) in [5, 5.41) is 8.56.